The van der Waals surface area contributed by atoms with Crippen LogP contribution in [-0.2, 0) is 9.53 Å². The molecule has 0 radical (unpaired) electrons. The molecule has 1 heterocycles. The summed E-state index contributed by atoms with van der Waals surface area (Å²) in [4.78, 5) is 24.5. The average molecular weight is 286 g/mol. The van der Waals surface area contributed by atoms with Crippen LogP contribution in [-0.4, -0.2) is 47.4 Å². The Morgan fingerprint density at radius 2 is 2.05 bits per heavy atom. The standard InChI is InChI=1S/C14H26N2O4/c1-14(2,3)20-13(19)15-11-9-10(5-6-12(17)18)7-8-16(11)4/h10-11H,5-9H2,1-4H3,(H,15,19)(H,17,18)/t10?,11-/m0/s1. The van der Waals surface area contributed by atoms with E-state index in [-0.39, 0.29) is 12.6 Å². The van der Waals surface area contributed by atoms with E-state index in [0.29, 0.717) is 12.3 Å². The Morgan fingerprint density at radius 3 is 2.60 bits per heavy atom. The lowest BCUT2D eigenvalue weighted by Crippen LogP contribution is -2.51. The van der Waals surface area contributed by atoms with Crippen molar-refractivity contribution in [1.29, 1.82) is 0 Å². The van der Waals surface area contributed by atoms with E-state index in [0.717, 1.165) is 19.4 Å². The second-order valence-electron chi connectivity index (χ2n) is 6.47. The van der Waals surface area contributed by atoms with Gasteiger partial charge in [-0.2, -0.15) is 0 Å². The van der Waals surface area contributed by atoms with Gasteiger partial charge in [-0.25, -0.2) is 4.79 Å². The largest absolute Gasteiger partial charge is 0.481 e. The number of carbonyl (C=O) groups excluding carboxylic acids is 1. The van der Waals surface area contributed by atoms with Crippen molar-refractivity contribution in [3.63, 3.8) is 0 Å². The van der Waals surface area contributed by atoms with Crippen molar-refractivity contribution in [1.82, 2.24) is 10.2 Å². The van der Waals surface area contributed by atoms with Crippen molar-refractivity contribution in [2.24, 2.45) is 5.92 Å². The Labute approximate surface area is 120 Å². The number of piperidine rings is 1. The van der Waals surface area contributed by atoms with Crippen LogP contribution in [0.3, 0.4) is 0 Å². The third kappa shape index (κ3) is 6.23. The zero-order valence-electron chi connectivity index (χ0n) is 12.8. The van der Waals surface area contributed by atoms with E-state index in [9.17, 15) is 9.59 Å². The number of likely N-dealkylation sites (tertiary alicyclic amines) is 1. The van der Waals surface area contributed by atoms with E-state index < -0.39 is 17.7 Å². The second-order valence-corrected chi connectivity index (χ2v) is 6.47. The van der Waals surface area contributed by atoms with Crippen LogP contribution in [0.1, 0.15) is 46.5 Å². The lowest BCUT2D eigenvalue weighted by molar-refractivity contribution is -0.137. The smallest absolute Gasteiger partial charge is 0.408 e. The van der Waals surface area contributed by atoms with Crippen LogP contribution < -0.4 is 5.32 Å². The number of carboxylic acids is 1. The number of carbonyl (C=O) groups is 2. The number of carboxylic acid groups (broad SMARTS) is 1. The summed E-state index contributed by atoms with van der Waals surface area (Å²) in [5, 5.41) is 11.6. The molecule has 1 rings (SSSR count). The topological polar surface area (TPSA) is 78.9 Å². The number of nitrogens with zero attached hydrogens (tertiary/aromatic N) is 1. The van der Waals surface area contributed by atoms with E-state index in [2.05, 4.69) is 10.2 Å². The first-order valence-electron chi connectivity index (χ1n) is 7.09. The molecule has 2 N–H and O–H groups in total. The summed E-state index contributed by atoms with van der Waals surface area (Å²) in [5.41, 5.74) is -0.514. The molecule has 0 aromatic heterocycles. The Balaban J connectivity index is 2.46. The van der Waals surface area contributed by atoms with Gasteiger partial charge < -0.3 is 15.2 Å². The number of alkyl carbamates (subject to hydrolysis) is 1. The van der Waals surface area contributed by atoms with E-state index >= 15 is 0 Å². The first-order chi connectivity index (χ1) is 9.17. The van der Waals surface area contributed by atoms with Crippen molar-refractivity contribution in [3.05, 3.63) is 0 Å². The molecule has 6 nitrogen and oxygen atoms in total. The fourth-order valence-electron chi connectivity index (χ4n) is 2.36. The van der Waals surface area contributed by atoms with Crippen molar-refractivity contribution >= 4 is 12.1 Å². The van der Waals surface area contributed by atoms with Gasteiger partial charge in [-0.3, -0.25) is 9.69 Å². The summed E-state index contributed by atoms with van der Waals surface area (Å²) in [5.74, 6) is -0.428. The maximum absolute atomic E-state index is 11.8. The maximum Gasteiger partial charge on any atom is 0.408 e. The van der Waals surface area contributed by atoms with Crippen molar-refractivity contribution in [2.45, 2.75) is 58.2 Å². The highest BCUT2D eigenvalue weighted by Crippen LogP contribution is 2.24. The Morgan fingerprint density at radius 1 is 1.40 bits per heavy atom. The van der Waals surface area contributed by atoms with Gasteiger partial charge in [0.15, 0.2) is 0 Å². The highest BCUT2D eigenvalue weighted by atomic mass is 16.6. The van der Waals surface area contributed by atoms with E-state index in [1.54, 1.807) is 0 Å². The molecule has 1 aliphatic heterocycles. The van der Waals surface area contributed by atoms with Crippen LogP contribution in [0, 0.1) is 5.92 Å². The third-order valence-corrected chi connectivity index (χ3v) is 3.43. The van der Waals surface area contributed by atoms with Crippen molar-refractivity contribution < 1.29 is 19.4 Å². The van der Waals surface area contributed by atoms with Gasteiger partial charge >= 0.3 is 12.1 Å². The first-order valence-corrected chi connectivity index (χ1v) is 7.09. The third-order valence-electron chi connectivity index (χ3n) is 3.43. The van der Waals surface area contributed by atoms with Crippen LogP contribution in [0.5, 0.6) is 0 Å². The second kappa shape index (κ2) is 6.92. The Kier molecular flexibility index (Phi) is 5.80. The van der Waals surface area contributed by atoms with Crippen molar-refractivity contribution in [3.8, 4) is 0 Å². The van der Waals surface area contributed by atoms with E-state index in [4.69, 9.17) is 9.84 Å². The predicted octanol–water partition coefficient (Wildman–Crippen LogP) is 2.04. The molecule has 0 aromatic rings. The minimum absolute atomic E-state index is 0.0857. The van der Waals surface area contributed by atoms with E-state index in [1.165, 1.54) is 0 Å². The molecule has 1 amide bonds. The fourth-order valence-corrected chi connectivity index (χ4v) is 2.36. The summed E-state index contributed by atoms with van der Waals surface area (Å²) in [7, 11) is 1.95. The molecule has 1 fully saturated rings. The molecule has 0 bridgehead atoms. The van der Waals surface area contributed by atoms with Gasteiger partial charge in [0.1, 0.15) is 5.60 Å². The number of aliphatic carboxylic acids is 1. The van der Waals surface area contributed by atoms with Crippen LogP contribution in [0.4, 0.5) is 4.79 Å². The van der Waals surface area contributed by atoms with Gasteiger partial charge in [0.2, 0.25) is 0 Å². The fraction of sp³-hybridized carbons (Fsp3) is 0.857. The molecule has 1 unspecified atom stereocenters. The number of hydrogen-bond donors (Lipinski definition) is 2. The number of nitrogens with one attached hydrogen (secondary N) is 1. The number of ether oxygens (including phenoxy) is 1. The molecule has 1 aliphatic rings. The number of rotatable bonds is 4. The predicted molar refractivity (Wildman–Crippen MR) is 75.4 cm³/mol. The Bertz CT molecular complexity index is 352. The van der Waals surface area contributed by atoms with Crippen molar-refractivity contribution in [2.75, 3.05) is 13.6 Å². The molecule has 0 saturated carbocycles. The lowest BCUT2D eigenvalue weighted by atomic mass is 9.90. The molecular weight excluding hydrogens is 260 g/mol. The Hall–Kier alpha value is -1.30. The SMILES string of the molecule is CN1CCC(CCC(=O)O)C[C@H]1NC(=O)OC(C)(C)C. The highest BCUT2D eigenvalue weighted by molar-refractivity contribution is 5.68. The number of hydrogen-bond acceptors (Lipinski definition) is 4. The van der Waals surface area contributed by atoms with Crippen LogP contribution in [0.25, 0.3) is 0 Å². The summed E-state index contributed by atoms with van der Waals surface area (Å²) in [6.45, 7) is 6.33. The average Bonchev–Trinajstić information content (AvgIpc) is 2.27. The minimum atomic E-state index is -0.763. The summed E-state index contributed by atoms with van der Waals surface area (Å²) in [6.07, 6.45) is 2.08. The first kappa shape index (κ1) is 16.8. The molecule has 0 aromatic carbocycles. The molecule has 20 heavy (non-hydrogen) atoms. The minimum Gasteiger partial charge on any atom is -0.481 e. The van der Waals surface area contributed by atoms with Crippen LogP contribution in [0.15, 0.2) is 0 Å². The normalized spacial score (nSPS) is 24.2. The van der Waals surface area contributed by atoms with Gasteiger partial charge in [0, 0.05) is 13.0 Å². The molecule has 0 spiro atoms. The zero-order valence-corrected chi connectivity index (χ0v) is 12.8. The molecule has 2 atom stereocenters. The van der Waals surface area contributed by atoms with E-state index in [1.807, 2.05) is 27.8 Å². The summed E-state index contributed by atoms with van der Waals surface area (Å²) >= 11 is 0. The molecule has 6 heteroatoms. The van der Waals surface area contributed by atoms with Gasteiger partial charge in [-0.15, -0.1) is 0 Å². The molecule has 1 saturated heterocycles. The highest BCUT2D eigenvalue weighted by Gasteiger charge is 2.28. The van der Waals surface area contributed by atoms with Gasteiger partial charge in [0.25, 0.3) is 0 Å². The van der Waals surface area contributed by atoms with Crippen LogP contribution >= 0.6 is 0 Å². The van der Waals surface area contributed by atoms with Gasteiger partial charge in [0.05, 0.1) is 6.17 Å². The monoisotopic (exact) mass is 286 g/mol. The van der Waals surface area contributed by atoms with Gasteiger partial charge in [-0.1, -0.05) is 0 Å². The zero-order chi connectivity index (χ0) is 15.3. The van der Waals surface area contributed by atoms with Crippen LogP contribution in [0.2, 0.25) is 0 Å². The molecular formula is C14H26N2O4. The summed E-state index contributed by atoms with van der Waals surface area (Å²) in [6, 6.07) is 0. The lowest BCUT2D eigenvalue weighted by Gasteiger charge is -2.37. The molecule has 0 aliphatic carbocycles. The summed E-state index contributed by atoms with van der Waals surface area (Å²) < 4.78 is 5.25. The maximum atomic E-state index is 11.8. The molecule has 116 valence electrons. The number of amides is 1. The quantitative estimate of drug-likeness (QED) is 0.827. The van der Waals surface area contributed by atoms with Gasteiger partial charge in [-0.05, 0) is 53.0 Å².